The summed E-state index contributed by atoms with van der Waals surface area (Å²) in [5.74, 6) is -0.265. The number of aryl methyl sites for hydroxylation is 1. The highest BCUT2D eigenvalue weighted by Crippen LogP contribution is 2.23. The molecular weight excluding hydrogens is 284 g/mol. The monoisotopic (exact) mass is 300 g/mol. The second-order valence-corrected chi connectivity index (χ2v) is 4.64. The highest BCUT2D eigenvalue weighted by Gasteiger charge is 2.02. The Morgan fingerprint density at radius 1 is 1.18 bits per heavy atom. The van der Waals surface area contributed by atoms with E-state index in [1.165, 1.54) is 18.3 Å². The Morgan fingerprint density at radius 2 is 1.91 bits per heavy atom. The number of phenols is 2. The number of rotatable bonds is 5. The van der Waals surface area contributed by atoms with Gasteiger partial charge >= 0.3 is 0 Å². The molecule has 2 aromatic carbocycles. The van der Waals surface area contributed by atoms with Crippen molar-refractivity contribution in [3.63, 3.8) is 0 Å². The normalized spacial score (nSPS) is 10.6. The van der Waals surface area contributed by atoms with E-state index in [9.17, 15) is 15.0 Å². The Bertz CT molecular complexity index is 681. The average molecular weight is 300 g/mol. The van der Waals surface area contributed by atoms with Gasteiger partial charge in [-0.2, -0.15) is 5.10 Å². The van der Waals surface area contributed by atoms with Gasteiger partial charge in [-0.05, 0) is 42.8 Å². The molecule has 1 amide bonds. The van der Waals surface area contributed by atoms with Crippen molar-refractivity contribution in [3.05, 3.63) is 53.6 Å². The van der Waals surface area contributed by atoms with Crippen LogP contribution in [0.4, 0.5) is 0 Å². The van der Waals surface area contributed by atoms with Crippen LogP contribution in [0.5, 0.6) is 17.2 Å². The van der Waals surface area contributed by atoms with Gasteiger partial charge in [-0.25, -0.2) is 5.43 Å². The van der Waals surface area contributed by atoms with E-state index in [0.29, 0.717) is 11.3 Å². The number of amides is 1. The van der Waals surface area contributed by atoms with E-state index in [1.54, 1.807) is 18.2 Å². The lowest BCUT2D eigenvalue weighted by Crippen LogP contribution is -2.24. The number of hydrogen-bond acceptors (Lipinski definition) is 5. The predicted molar refractivity (Wildman–Crippen MR) is 82.2 cm³/mol. The number of nitrogens with zero attached hydrogens (tertiary/aromatic N) is 1. The van der Waals surface area contributed by atoms with E-state index in [4.69, 9.17) is 4.74 Å². The molecule has 0 unspecified atom stereocenters. The van der Waals surface area contributed by atoms with Crippen LogP contribution in [0.1, 0.15) is 11.1 Å². The second kappa shape index (κ2) is 7.12. The summed E-state index contributed by atoms with van der Waals surface area (Å²) in [6.45, 7) is 1.81. The third-order valence-corrected chi connectivity index (χ3v) is 2.79. The number of phenolic OH excluding ortho intramolecular Hbond substituents is 2. The van der Waals surface area contributed by atoms with Crippen molar-refractivity contribution in [2.45, 2.75) is 6.92 Å². The summed E-state index contributed by atoms with van der Waals surface area (Å²) in [6.07, 6.45) is 1.35. The molecule has 0 radical (unpaired) electrons. The van der Waals surface area contributed by atoms with Crippen molar-refractivity contribution in [1.82, 2.24) is 5.43 Å². The van der Waals surface area contributed by atoms with Crippen LogP contribution in [0.3, 0.4) is 0 Å². The van der Waals surface area contributed by atoms with Gasteiger partial charge in [-0.1, -0.05) is 17.7 Å². The number of aromatic hydroxyl groups is 2. The molecule has 3 N–H and O–H groups in total. The summed E-state index contributed by atoms with van der Waals surface area (Å²) >= 11 is 0. The number of hydrazone groups is 1. The fourth-order valence-electron chi connectivity index (χ4n) is 1.62. The van der Waals surface area contributed by atoms with Crippen LogP contribution in [-0.2, 0) is 4.79 Å². The molecule has 0 bridgehead atoms. The molecule has 114 valence electrons. The molecule has 0 atom stereocenters. The lowest BCUT2D eigenvalue weighted by atomic mass is 10.2. The summed E-state index contributed by atoms with van der Waals surface area (Å²) < 4.78 is 5.30. The van der Waals surface area contributed by atoms with Crippen molar-refractivity contribution >= 4 is 12.1 Å². The number of benzene rings is 2. The second-order valence-electron chi connectivity index (χ2n) is 4.64. The van der Waals surface area contributed by atoms with Crippen LogP contribution < -0.4 is 10.2 Å². The van der Waals surface area contributed by atoms with Gasteiger partial charge < -0.3 is 14.9 Å². The van der Waals surface area contributed by atoms with Crippen molar-refractivity contribution in [3.8, 4) is 17.2 Å². The van der Waals surface area contributed by atoms with E-state index in [0.717, 1.165) is 5.56 Å². The van der Waals surface area contributed by atoms with Gasteiger partial charge in [0.2, 0.25) is 0 Å². The SMILES string of the molecule is Cc1ccc(OCC(=O)NN=Cc2ccc(O)c(O)c2)cc1. The van der Waals surface area contributed by atoms with Crippen molar-refractivity contribution in [2.75, 3.05) is 6.61 Å². The molecule has 0 spiro atoms. The smallest absolute Gasteiger partial charge is 0.277 e. The molecule has 0 aliphatic heterocycles. The largest absolute Gasteiger partial charge is 0.504 e. The average Bonchev–Trinajstić information content (AvgIpc) is 2.50. The summed E-state index contributed by atoms with van der Waals surface area (Å²) in [5.41, 5.74) is 3.96. The van der Waals surface area contributed by atoms with Gasteiger partial charge in [-0.3, -0.25) is 4.79 Å². The molecule has 0 heterocycles. The number of carbonyl (C=O) groups excluding carboxylic acids is 1. The number of ether oxygens (including phenoxy) is 1. The quantitative estimate of drug-likeness (QED) is 0.447. The first-order valence-corrected chi connectivity index (χ1v) is 6.58. The Balaban J connectivity index is 1.80. The maximum Gasteiger partial charge on any atom is 0.277 e. The van der Waals surface area contributed by atoms with E-state index in [-0.39, 0.29) is 18.1 Å². The molecule has 0 aliphatic carbocycles. The van der Waals surface area contributed by atoms with Gasteiger partial charge in [0.15, 0.2) is 18.1 Å². The fraction of sp³-hybridized carbons (Fsp3) is 0.125. The molecule has 22 heavy (non-hydrogen) atoms. The summed E-state index contributed by atoms with van der Waals surface area (Å²) in [7, 11) is 0. The lowest BCUT2D eigenvalue weighted by molar-refractivity contribution is -0.123. The number of nitrogens with one attached hydrogen (secondary N) is 1. The Hall–Kier alpha value is -3.02. The standard InChI is InChI=1S/C16H16N2O4/c1-11-2-5-13(6-3-11)22-10-16(21)18-17-9-12-4-7-14(19)15(20)8-12/h2-9,19-20H,10H2,1H3,(H,18,21). The van der Waals surface area contributed by atoms with Gasteiger partial charge in [0.25, 0.3) is 5.91 Å². The van der Waals surface area contributed by atoms with Crippen LogP contribution in [0.25, 0.3) is 0 Å². The Kier molecular flexibility index (Phi) is 4.98. The van der Waals surface area contributed by atoms with Gasteiger partial charge in [-0.15, -0.1) is 0 Å². The summed E-state index contributed by atoms with van der Waals surface area (Å²) in [5, 5.41) is 22.2. The number of carbonyl (C=O) groups is 1. The van der Waals surface area contributed by atoms with E-state index < -0.39 is 5.91 Å². The first-order valence-electron chi connectivity index (χ1n) is 6.58. The number of hydrogen-bond donors (Lipinski definition) is 3. The van der Waals surface area contributed by atoms with E-state index in [1.807, 2.05) is 19.1 Å². The first kappa shape index (κ1) is 15.4. The highest BCUT2D eigenvalue weighted by atomic mass is 16.5. The van der Waals surface area contributed by atoms with Gasteiger partial charge in [0.1, 0.15) is 5.75 Å². The van der Waals surface area contributed by atoms with Crippen molar-refractivity contribution in [2.24, 2.45) is 5.10 Å². The molecule has 0 fully saturated rings. The lowest BCUT2D eigenvalue weighted by Gasteiger charge is -2.05. The summed E-state index contributed by atoms with van der Waals surface area (Å²) in [4.78, 5) is 11.6. The van der Waals surface area contributed by atoms with E-state index in [2.05, 4.69) is 10.5 Å². The zero-order valence-electron chi connectivity index (χ0n) is 12.0. The van der Waals surface area contributed by atoms with Crippen molar-refractivity contribution < 1.29 is 19.7 Å². The minimum atomic E-state index is -0.403. The molecule has 6 nitrogen and oxygen atoms in total. The van der Waals surface area contributed by atoms with Crippen LogP contribution >= 0.6 is 0 Å². The highest BCUT2D eigenvalue weighted by molar-refractivity contribution is 5.83. The zero-order chi connectivity index (χ0) is 15.9. The van der Waals surface area contributed by atoms with Crippen molar-refractivity contribution in [1.29, 1.82) is 0 Å². The fourth-order valence-corrected chi connectivity index (χ4v) is 1.62. The minimum Gasteiger partial charge on any atom is -0.504 e. The topological polar surface area (TPSA) is 91.2 Å². The third kappa shape index (κ3) is 4.52. The minimum absolute atomic E-state index is 0.152. The predicted octanol–water partition coefficient (Wildman–Crippen LogP) is 1.94. The molecular formula is C16H16N2O4. The molecule has 6 heteroatoms. The van der Waals surface area contributed by atoms with Gasteiger partial charge in [0, 0.05) is 0 Å². The third-order valence-electron chi connectivity index (χ3n) is 2.79. The molecule has 0 saturated carbocycles. The Labute approximate surface area is 127 Å². The van der Waals surface area contributed by atoms with Crippen LogP contribution in [0.15, 0.2) is 47.6 Å². The molecule has 2 rings (SSSR count). The Morgan fingerprint density at radius 3 is 2.59 bits per heavy atom. The zero-order valence-corrected chi connectivity index (χ0v) is 12.0. The first-order chi connectivity index (χ1) is 10.5. The summed E-state index contributed by atoms with van der Waals surface area (Å²) in [6, 6.07) is 11.6. The maximum atomic E-state index is 11.6. The molecule has 2 aromatic rings. The van der Waals surface area contributed by atoms with Gasteiger partial charge in [0.05, 0.1) is 6.21 Å². The molecule has 0 saturated heterocycles. The molecule has 0 aromatic heterocycles. The van der Waals surface area contributed by atoms with E-state index >= 15 is 0 Å². The van der Waals surface area contributed by atoms with Crippen LogP contribution in [-0.4, -0.2) is 28.9 Å². The van der Waals surface area contributed by atoms with Crippen LogP contribution in [0, 0.1) is 6.92 Å². The molecule has 0 aliphatic rings. The van der Waals surface area contributed by atoms with Crippen LogP contribution in [0.2, 0.25) is 0 Å². The maximum absolute atomic E-state index is 11.6.